The molecular formula is C17H25FO4. The fourth-order valence-electron chi connectivity index (χ4n) is 1.61. The quantitative estimate of drug-likeness (QED) is 0.533. The van der Waals surface area contributed by atoms with Crippen LogP contribution in [0, 0.1) is 0 Å². The summed E-state index contributed by atoms with van der Waals surface area (Å²) in [6, 6.07) is 6.59. The minimum Gasteiger partial charge on any atom is -0.462 e. The fraction of sp³-hybridized carbons (Fsp3) is 0.529. The van der Waals surface area contributed by atoms with Gasteiger partial charge in [-0.15, -0.1) is 0 Å². The van der Waals surface area contributed by atoms with Crippen LogP contribution < -0.4 is 0 Å². The van der Waals surface area contributed by atoms with Crippen LogP contribution in [-0.4, -0.2) is 32.3 Å². The highest BCUT2D eigenvalue weighted by atomic mass is 19.1. The van der Waals surface area contributed by atoms with Gasteiger partial charge in [0.25, 0.3) is 0 Å². The first kappa shape index (κ1) is 20.1. The van der Waals surface area contributed by atoms with Crippen molar-refractivity contribution in [3.05, 3.63) is 35.4 Å². The molecule has 5 heteroatoms. The highest BCUT2D eigenvalue weighted by Crippen LogP contribution is 2.12. The van der Waals surface area contributed by atoms with Crippen molar-refractivity contribution in [2.75, 3.05) is 20.4 Å². The molecule has 0 atom stereocenters. The summed E-state index contributed by atoms with van der Waals surface area (Å²) in [6.45, 7) is 4.78. The summed E-state index contributed by atoms with van der Waals surface area (Å²) in [5.74, 6) is -0.942. The average molecular weight is 312 g/mol. The number of hydrogen-bond acceptors (Lipinski definition) is 4. The van der Waals surface area contributed by atoms with E-state index < -0.39 is 11.9 Å². The van der Waals surface area contributed by atoms with Gasteiger partial charge in [-0.2, -0.15) is 0 Å². The summed E-state index contributed by atoms with van der Waals surface area (Å²) in [6.07, 6.45) is 3.53. The SMILES string of the molecule is CCCCOC(=O)c1ccccc1C(=O)OCCCC.CF. The lowest BCUT2D eigenvalue weighted by Crippen LogP contribution is -2.14. The molecule has 0 saturated carbocycles. The monoisotopic (exact) mass is 312 g/mol. The number of halogens is 1. The first-order chi connectivity index (χ1) is 10.7. The topological polar surface area (TPSA) is 52.6 Å². The van der Waals surface area contributed by atoms with Gasteiger partial charge in [-0.1, -0.05) is 38.8 Å². The van der Waals surface area contributed by atoms with Crippen LogP contribution in [0.2, 0.25) is 0 Å². The number of benzene rings is 1. The van der Waals surface area contributed by atoms with Gasteiger partial charge in [0.1, 0.15) is 0 Å². The number of ether oxygens (including phenoxy) is 2. The van der Waals surface area contributed by atoms with Crippen LogP contribution in [0.15, 0.2) is 24.3 Å². The number of carbonyl (C=O) groups is 2. The normalized spacial score (nSPS) is 9.45. The van der Waals surface area contributed by atoms with Gasteiger partial charge in [0.15, 0.2) is 0 Å². The van der Waals surface area contributed by atoms with Gasteiger partial charge in [-0.05, 0) is 25.0 Å². The van der Waals surface area contributed by atoms with E-state index in [0.29, 0.717) is 20.4 Å². The summed E-state index contributed by atoms with van der Waals surface area (Å²) in [5.41, 5.74) is 0.537. The molecule has 0 aliphatic rings. The Kier molecular flexibility index (Phi) is 11.7. The van der Waals surface area contributed by atoms with Gasteiger partial charge in [0.2, 0.25) is 0 Å². The fourth-order valence-corrected chi connectivity index (χ4v) is 1.61. The standard InChI is InChI=1S/C16H22O4.CH3F/c1-3-5-11-19-15(17)13-9-7-8-10-14(13)16(18)20-12-6-4-2;1-2/h7-10H,3-6,11-12H2,1-2H3;1H3. The molecule has 22 heavy (non-hydrogen) atoms. The molecule has 124 valence electrons. The van der Waals surface area contributed by atoms with Crippen LogP contribution in [0.3, 0.4) is 0 Å². The number of carbonyl (C=O) groups excluding carboxylic acids is 2. The molecule has 0 spiro atoms. The predicted octanol–water partition coefficient (Wildman–Crippen LogP) is 4.19. The first-order valence-electron chi connectivity index (χ1n) is 7.51. The van der Waals surface area contributed by atoms with Crippen LogP contribution in [0.5, 0.6) is 0 Å². The van der Waals surface area contributed by atoms with Crippen molar-refractivity contribution in [3.8, 4) is 0 Å². The number of alkyl halides is 1. The van der Waals surface area contributed by atoms with Gasteiger partial charge in [0, 0.05) is 0 Å². The molecule has 1 aromatic rings. The third-order valence-electron chi connectivity index (χ3n) is 2.83. The zero-order valence-corrected chi connectivity index (χ0v) is 13.6. The maximum Gasteiger partial charge on any atom is 0.339 e. The minimum absolute atomic E-state index is 0.269. The summed E-state index contributed by atoms with van der Waals surface area (Å²) in [5, 5.41) is 0. The third kappa shape index (κ3) is 7.20. The zero-order chi connectivity index (χ0) is 16.8. The van der Waals surface area contributed by atoms with E-state index in [2.05, 4.69) is 0 Å². The number of unbranched alkanes of at least 4 members (excludes halogenated alkanes) is 2. The van der Waals surface area contributed by atoms with Gasteiger partial charge in [-0.3, -0.25) is 4.39 Å². The second-order valence-electron chi connectivity index (χ2n) is 4.52. The maximum absolute atomic E-state index is 11.9. The molecular weight excluding hydrogens is 287 g/mol. The Labute approximate surface area is 131 Å². The Morgan fingerprint density at radius 3 is 1.55 bits per heavy atom. The summed E-state index contributed by atoms with van der Waals surface area (Å²) in [7, 11) is 0.500. The van der Waals surface area contributed by atoms with Gasteiger partial charge in [0.05, 0.1) is 31.5 Å². The van der Waals surface area contributed by atoms with Crippen molar-refractivity contribution in [3.63, 3.8) is 0 Å². The van der Waals surface area contributed by atoms with E-state index in [0.717, 1.165) is 25.7 Å². The average Bonchev–Trinajstić information content (AvgIpc) is 2.57. The lowest BCUT2D eigenvalue weighted by atomic mass is 10.1. The van der Waals surface area contributed by atoms with Crippen LogP contribution >= 0.6 is 0 Å². The molecule has 0 saturated heterocycles. The van der Waals surface area contributed by atoms with Crippen LogP contribution in [0.4, 0.5) is 4.39 Å². The van der Waals surface area contributed by atoms with E-state index in [1.807, 2.05) is 13.8 Å². The zero-order valence-electron chi connectivity index (χ0n) is 13.6. The Morgan fingerprint density at radius 2 is 1.23 bits per heavy atom. The molecule has 0 aliphatic carbocycles. The smallest absolute Gasteiger partial charge is 0.339 e. The van der Waals surface area contributed by atoms with Gasteiger partial charge < -0.3 is 9.47 Å². The maximum atomic E-state index is 11.9. The first-order valence-corrected chi connectivity index (χ1v) is 7.51. The highest BCUT2D eigenvalue weighted by Gasteiger charge is 2.18. The number of rotatable bonds is 8. The van der Waals surface area contributed by atoms with E-state index in [4.69, 9.17) is 9.47 Å². The van der Waals surface area contributed by atoms with Crippen molar-refractivity contribution < 1.29 is 23.5 Å². The van der Waals surface area contributed by atoms with Crippen LogP contribution in [0.25, 0.3) is 0 Å². The summed E-state index contributed by atoms with van der Waals surface area (Å²) < 4.78 is 19.8. The lowest BCUT2D eigenvalue weighted by molar-refractivity contribution is 0.0452. The summed E-state index contributed by atoms with van der Waals surface area (Å²) in [4.78, 5) is 23.9. The van der Waals surface area contributed by atoms with Crippen molar-refractivity contribution in [2.45, 2.75) is 39.5 Å². The Morgan fingerprint density at radius 1 is 0.864 bits per heavy atom. The van der Waals surface area contributed by atoms with Crippen molar-refractivity contribution >= 4 is 11.9 Å². The largest absolute Gasteiger partial charge is 0.462 e. The molecule has 0 unspecified atom stereocenters. The van der Waals surface area contributed by atoms with Crippen molar-refractivity contribution in [1.82, 2.24) is 0 Å². The highest BCUT2D eigenvalue weighted by molar-refractivity contribution is 6.03. The van der Waals surface area contributed by atoms with E-state index in [1.165, 1.54) is 0 Å². The number of esters is 2. The van der Waals surface area contributed by atoms with E-state index in [9.17, 15) is 14.0 Å². The molecule has 0 bridgehead atoms. The van der Waals surface area contributed by atoms with Crippen LogP contribution in [-0.2, 0) is 9.47 Å². The molecule has 1 aromatic carbocycles. The molecule has 1 rings (SSSR count). The molecule has 4 nitrogen and oxygen atoms in total. The number of hydrogen-bond donors (Lipinski definition) is 0. The predicted molar refractivity (Wildman–Crippen MR) is 83.9 cm³/mol. The van der Waals surface area contributed by atoms with Gasteiger partial charge in [-0.25, -0.2) is 9.59 Å². The Balaban J connectivity index is 0.00000211. The molecule has 0 amide bonds. The second-order valence-corrected chi connectivity index (χ2v) is 4.52. The summed E-state index contributed by atoms with van der Waals surface area (Å²) >= 11 is 0. The second kappa shape index (κ2) is 12.8. The lowest BCUT2D eigenvalue weighted by Gasteiger charge is -2.09. The van der Waals surface area contributed by atoms with Crippen LogP contribution in [0.1, 0.15) is 60.2 Å². The molecule has 0 radical (unpaired) electrons. The van der Waals surface area contributed by atoms with Crippen molar-refractivity contribution in [2.24, 2.45) is 0 Å². The van der Waals surface area contributed by atoms with E-state index in [-0.39, 0.29) is 11.1 Å². The van der Waals surface area contributed by atoms with E-state index in [1.54, 1.807) is 24.3 Å². The molecule has 0 aromatic heterocycles. The molecule has 0 fully saturated rings. The molecule has 0 heterocycles. The van der Waals surface area contributed by atoms with Crippen molar-refractivity contribution in [1.29, 1.82) is 0 Å². The molecule has 0 aliphatic heterocycles. The van der Waals surface area contributed by atoms with Gasteiger partial charge >= 0.3 is 11.9 Å². The Bertz CT molecular complexity index is 405. The third-order valence-corrected chi connectivity index (χ3v) is 2.83. The Hall–Kier alpha value is -1.91. The van der Waals surface area contributed by atoms with E-state index >= 15 is 0 Å². The minimum atomic E-state index is -0.471. The molecule has 0 N–H and O–H groups in total.